The van der Waals surface area contributed by atoms with Crippen molar-refractivity contribution in [1.82, 2.24) is 0 Å². The standard InChI is InChI=1S/C11H17NO/c1-4-7-12-10-5-6-11(13-3)9(2)8-10/h5-6,8,12H,4,7H2,1-3H3. The highest BCUT2D eigenvalue weighted by Gasteiger charge is 1.98. The van der Waals surface area contributed by atoms with Gasteiger partial charge in [-0.1, -0.05) is 6.92 Å². The van der Waals surface area contributed by atoms with Crippen molar-refractivity contribution >= 4 is 5.69 Å². The molecule has 1 aromatic rings. The molecule has 13 heavy (non-hydrogen) atoms. The SMILES string of the molecule is CCCNc1ccc(OC)c(C)c1. The van der Waals surface area contributed by atoms with E-state index in [1.807, 2.05) is 12.1 Å². The second-order valence-electron chi connectivity index (χ2n) is 3.11. The van der Waals surface area contributed by atoms with Gasteiger partial charge in [0, 0.05) is 12.2 Å². The predicted octanol–water partition coefficient (Wildman–Crippen LogP) is 2.83. The molecule has 0 fully saturated rings. The maximum atomic E-state index is 5.18. The van der Waals surface area contributed by atoms with E-state index in [4.69, 9.17) is 4.74 Å². The Morgan fingerprint density at radius 3 is 2.69 bits per heavy atom. The topological polar surface area (TPSA) is 21.3 Å². The first-order chi connectivity index (χ1) is 6.27. The lowest BCUT2D eigenvalue weighted by Gasteiger charge is -2.08. The Labute approximate surface area is 79.9 Å². The van der Waals surface area contributed by atoms with Gasteiger partial charge in [-0.2, -0.15) is 0 Å². The monoisotopic (exact) mass is 179 g/mol. The summed E-state index contributed by atoms with van der Waals surface area (Å²) in [5.41, 5.74) is 2.34. The third-order valence-corrected chi connectivity index (χ3v) is 1.97. The molecule has 0 atom stereocenters. The van der Waals surface area contributed by atoms with Crippen molar-refractivity contribution in [3.8, 4) is 5.75 Å². The molecule has 2 nitrogen and oxygen atoms in total. The number of ether oxygens (including phenoxy) is 1. The van der Waals surface area contributed by atoms with Crippen LogP contribution in [0.15, 0.2) is 18.2 Å². The molecular formula is C11H17NO. The van der Waals surface area contributed by atoms with E-state index in [9.17, 15) is 0 Å². The fourth-order valence-corrected chi connectivity index (χ4v) is 1.26. The number of benzene rings is 1. The number of hydrogen-bond acceptors (Lipinski definition) is 2. The van der Waals surface area contributed by atoms with Crippen LogP contribution in [0.5, 0.6) is 5.75 Å². The molecule has 0 saturated heterocycles. The minimum Gasteiger partial charge on any atom is -0.496 e. The van der Waals surface area contributed by atoms with Crippen LogP contribution in [0.3, 0.4) is 0 Å². The van der Waals surface area contributed by atoms with E-state index in [0.29, 0.717) is 0 Å². The van der Waals surface area contributed by atoms with Gasteiger partial charge in [0.05, 0.1) is 7.11 Å². The number of anilines is 1. The van der Waals surface area contributed by atoms with Gasteiger partial charge in [-0.25, -0.2) is 0 Å². The Morgan fingerprint density at radius 2 is 2.15 bits per heavy atom. The smallest absolute Gasteiger partial charge is 0.121 e. The highest BCUT2D eigenvalue weighted by molar-refractivity contribution is 5.50. The van der Waals surface area contributed by atoms with Crippen LogP contribution in [0.1, 0.15) is 18.9 Å². The van der Waals surface area contributed by atoms with Crippen LogP contribution in [-0.4, -0.2) is 13.7 Å². The van der Waals surface area contributed by atoms with Crippen LogP contribution in [0.2, 0.25) is 0 Å². The van der Waals surface area contributed by atoms with Gasteiger partial charge in [-0.15, -0.1) is 0 Å². The van der Waals surface area contributed by atoms with Gasteiger partial charge < -0.3 is 10.1 Å². The van der Waals surface area contributed by atoms with Crippen LogP contribution in [0.4, 0.5) is 5.69 Å². The fourth-order valence-electron chi connectivity index (χ4n) is 1.26. The summed E-state index contributed by atoms with van der Waals surface area (Å²) in [6, 6.07) is 6.14. The molecule has 1 aromatic carbocycles. The average Bonchev–Trinajstić information content (AvgIpc) is 2.15. The molecule has 1 N–H and O–H groups in total. The van der Waals surface area contributed by atoms with Crippen molar-refractivity contribution in [1.29, 1.82) is 0 Å². The second kappa shape index (κ2) is 4.75. The summed E-state index contributed by atoms with van der Waals surface area (Å²) >= 11 is 0. The summed E-state index contributed by atoms with van der Waals surface area (Å²) in [6.45, 7) is 5.23. The molecule has 0 aliphatic heterocycles. The van der Waals surface area contributed by atoms with E-state index in [2.05, 4.69) is 25.2 Å². The van der Waals surface area contributed by atoms with Gasteiger partial charge in [-0.3, -0.25) is 0 Å². The highest BCUT2D eigenvalue weighted by atomic mass is 16.5. The summed E-state index contributed by atoms with van der Waals surface area (Å²) in [6.07, 6.45) is 1.14. The number of nitrogens with one attached hydrogen (secondary N) is 1. The Kier molecular flexibility index (Phi) is 3.62. The first-order valence-electron chi connectivity index (χ1n) is 4.66. The molecule has 0 unspecified atom stereocenters. The zero-order chi connectivity index (χ0) is 9.68. The highest BCUT2D eigenvalue weighted by Crippen LogP contribution is 2.21. The zero-order valence-corrected chi connectivity index (χ0v) is 8.55. The maximum absolute atomic E-state index is 5.18. The van der Waals surface area contributed by atoms with E-state index in [1.54, 1.807) is 7.11 Å². The molecule has 0 spiro atoms. The molecular weight excluding hydrogens is 162 g/mol. The Morgan fingerprint density at radius 1 is 1.38 bits per heavy atom. The third-order valence-electron chi connectivity index (χ3n) is 1.97. The van der Waals surface area contributed by atoms with Gasteiger partial charge in [0.25, 0.3) is 0 Å². The van der Waals surface area contributed by atoms with E-state index < -0.39 is 0 Å². The molecule has 0 saturated carbocycles. The second-order valence-corrected chi connectivity index (χ2v) is 3.11. The van der Waals surface area contributed by atoms with Crippen LogP contribution < -0.4 is 10.1 Å². The van der Waals surface area contributed by atoms with Gasteiger partial charge in [0.15, 0.2) is 0 Å². The molecule has 0 radical (unpaired) electrons. The molecule has 0 aliphatic rings. The Balaban J connectivity index is 2.71. The molecule has 0 aliphatic carbocycles. The molecule has 2 heteroatoms. The molecule has 0 aromatic heterocycles. The summed E-state index contributed by atoms with van der Waals surface area (Å²) in [7, 11) is 1.70. The normalized spacial score (nSPS) is 9.77. The van der Waals surface area contributed by atoms with Crippen LogP contribution in [0, 0.1) is 6.92 Å². The lowest BCUT2D eigenvalue weighted by Crippen LogP contribution is -1.99. The quantitative estimate of drug-likeness (QED) is 0.767. The van der Waals surface area contributed by atoms with Gasteiger partial charge >= 0.3 is 0 Å². The van der Waals surface area contributed by atoms with Crippen LogP contribution in [0.25, 0.3) is 0 Å². The minimum atomic E-state index is 0.946. The van der Waals surface area contributed by atoms with E-state index in [1.165, 1.54) is 11.3 Å². The van der Waals surface area contributed by atoms with Crippen molar-refractivity contribution in [3.63, 3.8) is 0 Å². The molecule has 0 amide bonds. The van der Waals surface area contributed by atoms with Crippen molar-refractivity contribution in [2.75, 3.05) is 19.0 Å². The van der Waals surface area contributed by atoms with Crippen molar-refractivity contribution in [3.05, 3.63) is 23.8 Å². The van der Waals surface area contributed by atoms with Crippen molar-refractivity contribution in [2.24, 2.45) is 0 Å². The van der Waals surface area contributed by atoms with Gasteiger partial charge in [0.2, 0.25) is 0 Å². The molecule has 1 rings (SSSR count). The Bertz CT molecular complexity index is 271. The first kappa shape index (κ1) is 9.90. The lowest BCUT2D eigenvalue weighted by molar-refractivity contribution is 0.412. The number of aryl methyl sites for hydroxylation is 1. The number of hydrogen-bond donors (Lipinski definition) is 1. The molecule has 0 bridgehead atoms. The number of methoxy groups -OCH3 is 1. The first-order valence-corrected chi connectivity index (χ1v) is 4.66. The van der Waals surface area contributed by atoms with Crippen molar-refractivity contribution in [2.45, 2.75) is 20.3 Å². The van der Waals surface area contributed by atoms with Crippen molar-refractivity contribution < 1.29 is 4.74 Å². The minimum absolute atomic E-state index is 0.946. The van der Waals surface area contributed by atoms with Gasteiger partial charge in [0.1, 0.15) is 5.75 Å². The molecule has 0 heterocycles. The average molecular weight is 179 g/mol. The number of rotatable bonds is 4. The lowest BCUT2D eigenvalue weighted by atomic mass is 10.2. The molecule has 72 valence electrons. The Hall–Kier alpha value is -1.18. The van der Waals surface area contributed by atoms with E-state index in [0.717, 1.165) is 18.7 Å². The summed E-state index contributed by atoms with van der Waals surface area (Å²) in [5.74, 6) is 0.946. The zero-order valence-electron chi connectivity index (χ0n) is 8.55. The maximum Gasteiger partial charge on any atom is 0.121 e. The van der Waals surface area contributed by atoms with E-state index >= 15 is 0 Å². The predicted molar refractivity (Wildman–Crippen MR) is 56.5 cm³/mol. The summed E-state index contributed by atoms with van der Waals surface area (Å²) in [4.78, 5) is 0. The fraction of sp³-hybridized carbons (Fsp3) is 0.455. The van der Waals surface area contributed by atoms with Gasteiger partial charge in [-0.05, 0) is 37.1 Å². The summed E-state index contributed by atoms with van der Waals surface area (Å²) in [5, 5.41) is 3.33. The third kappa shape index (κ3) is 2.65. The van der Waals surface area contributed by atoms with Crippen LogP contribution >= 0.6 is 0 Å². The summed E-state index contributed by atoms with van der Waals surface area (Å²) < 4.78 is 5.18. The van der Waals surface area contributed by atoms with E-state index in [-0.39, 0.29) is 0 Å². The largest absolute Gasteiger partial charge is 0.496 e. The van der Waals surface area contributed by atoms with Crippen LogP contribution in [-0.2, 0) is 0 Å².